The Labute approximate surface area is 163 Å². The third-order valence-electron chi connectivity index (χ3n) is 4.22. The highest BCUT2D eigenvalue weighted by Gasteiger charge is 2.31. The lowest BCUT2D eigenvalue weighted by molar-refractivity contribution is -0.117. The Morgan fingerprint density at radius 3 is 2.39 bits per heavy atom. The van der Waals surface area contributed by atoms with Crippen LogP contribution in [0.5, 0.6) is 11.5 Å². The molecule has 1 N–H and O–H groups in total. The summed E-state index contributed by atoms with van der Waals surface area (Å²) in [5.41, 5.74) is 0.674. The second kappa shape index (κ2) is 8.05. The topological polar surface area (TPSA) is 84.9 Å². The van der Waals surface area contributed by atoms with E-state index in [9.17, 15) is 17.6 Å². The van der Waals surface area contributed by atoms with Crippen molar-refractivity contribution in [1.29, 1.82) is 0 Å². The maximum absolute atomic E-state index is 13.2. The molecule has 7 nitrogen and oxygen atoms in total. The van der Waals surface area contributed by atoms with Crippen LogP contribution in [0, 0.1) is 5.82 Å². The minimum absolute atomic E-state index is 0.216. The lowest BCUT2D eigenvalue weighted by Crippen LogP contribution is -2.47. The van der Waals surface area contributed by atoms with Crippen LogP contribution in [0.3, 0.4) is 0 Å². The summed E-state index contributed by atoms with van der Waals surface area (Å²) in [6.45, 7) is 2.57. The van der Waals surface area contributed by atoms with Crippen LogP contribution in [-0.4, -0.2) is 39.8 Å². The highest BCUT2D eigenvalue weighted by molar-refractivity contribution is 7.92. The summed E-state index contributed by atoms with van der Waals surface area (Å²) in [4.78, 5) is 12.9. The standard InChI is InChI=1S/C19H21FN2O5S/c1-3-16(22(28(2,24)25)15-7-4-13(20)5-8-15)19(23)21-14-6-9-17-18(12-14)27-11-10-26-17/h4-9,12,16H,3,10-11H2,1-2H3,(H,21,23)/t16-/m1/s1. The van der Waals surface area contributed by atoms with E-state index >= 15 is 0 Å². The maximum atomic E-state index is 13.2. The molecular formula is C19H21FN2O5S. The van der Waals surface area contributed by atoms with Crippen LogP contribution in [-0.2, 0) is 14.8 Å². The SMILES string of the molecule is CC[C@H](C(=O)Nc1ccc2c(c1)OCCO2)N(c1ccc(F)cc1)S(C)(=O)=O. The average molecular weight is 408 g/mol. The number of anilines is 2. The monoisotopic (exact) mass is 408 g/mol. The molecule has 0 saturated carbocycles. The van der Waals surface area contributed by atoms with Crippen LogP contribution >= 0.6 is 0 Å². The van der Waals surface area contributed by atoms with Gasteiger partial charge in [-0.2, -0.15) is 0 Å². The molecule has 28 heavy (non-hydrogen) atoms. The highest BCUT2D eigenvalue weighted by Crippen LogP contribution is 2.33. The number of carbonyl (C=O) groups is 1. The Morgan fingerprint density at radius 1 is 1.14 bits per heavy atom. The van der Waals surface area contributed by atoms with E-state index in [4.69, 9.17) is 9.47 Å². The fourth-order valence-electron chi connectivity index (χ4n) is 2.99. The van der Waals surface area contributed by atoms with Gasteiger partial charge in [0.1, 0.15) is 25.1 Å². The van der Waals surface area contributed by atoms with Gasteiger partial charge in [-0.25, -0.2) is 12.8 Å². The Morgan fingerprint density at radius 2 is 1.79 bits per heavy atom. The Kier molecular flexibility index (Phi) is 5.73. The van der Waals surface area contributed by atoms with Crippen molar-refractivity contribution < 1.29 is 27.1 Å². The van der Waals surface area contributed by atoms with E-state index in [1.165, 1.54) is 12.1 Å². The van der Waals surface area contributed by atoms with E-state index in [1.807, 2.05) is 0 Å². The second-order valence-electron chi connectivity index (χ2n) is 6.31. The predicted molar refractivity (Wildman–Crippen MR) is 104 cm³/mol. The minimum Gasteiger partial charge on any atom is -0.486 e. The second-order valence-corrected chi connectivity index (χ2v) is 8.17. The molecule has 0 aromatic heterocycles. The Bertz CT molecular complexity index is 963. The van der Waals surface area contributed by atoms with Crippen LogP contribution in [0.1, 0.15) is 13.3 Å². The van der Waals surface area contributed by atoms with E-state index in [-0.39, 0.29) is 12.1 Å². The number of halogens is 1. The predicted octanol–water partition coefficient (Wildman–Crippen LogP) is 2.78. The molecule has 1 heterocycles. The van der Waals surface area contributed by atoms with Crippen molar-refractivity contribution in [3.05, 3.63) is 48.3 Å². The van der Waals surface area contributed by atoms with Crippen molar-refractivity contribution in [2.24, 2.45) is 0 Å². The third kappa shape index (κ3) is 4.36. The normalized spacial score (nSPS) is 14.2. The molecule has 150 valence electrons. The molecule has 0 aliphatic carbocycles. The molecule has 0 radical (unpaired) electrons. The van der Waals surface area contributed by atoms with Gasteiger partial charge in [-0.1, -0.05) is 6.92 Å². The zero-order valence-corrected chi connectivity index (χ0v) is 16.3. The zero-order valence-electron chi connectivity index (χ0n) is 15.5. The van der Waals surface area contributed by atoms with Crippen molar-refractivity contribution in [3.8, 4) is 11.5 Å². The van der Waals surface area contributed by atoms with E-state index < -0.39 is 27.8 Å². The molecule has 0 fully saturated rings. The highest BCUT2D eigenvalue weighted by atomic mass is 32.2. The first-order valence-corrected chi connectivity index (χ1v) is 10.6. The summed E-state index contributed by atoms with van der Waals surface area (Å²) in [5.74, 6) is 0.0934. The van der Waals surface area contributed by atoms with E-state index in [0.717, 1.165) is 22.7 Å². The number of benzene rings is 2. The summed E-state index contributed by atoms with van der Waals surface area (Å²) >= 11 is 0. The van der Waals surface area contributed by atoms with Gasteiger partial charge in [0.15, 0.2) is 11.5 Å². The molecular weight excluding hydrogens is 387 g/mol. The molecule has 0 bridgehead atoms. The molecule has 2 aromatic carbocycles. The van der Waals surface area contributed by atoms with Gasteiger partial charge in [-0.3, -0.25) is 9.10 Å². The molecule has 0 saturated heterocycles. The van der Waals surface area contributed by atoms with Gasteiger partial charge in [0.2, 0.25) is 15.9 Å². The number of fused-ring (bicyclic) bond motifs is 1. The summed E-state index contributed by atoms with van der Waals surface area (Å²) in [5, 5.41) is 2.72. The Hall–Kier alpha value is -2.81. The number of nitrogens with zero attached hydrogens (tertiary/aromatic N) is 1. The summed E-state index contributed by atoms with van der Waals surface area (Å²) in [7, 11) is -3.79. The minimum atomic E-state index is -3.79. The summed E-state index contributed by atoms with van der Waals surface area (Å²) in [6.07, 6.45) is 1.23. The van der Waals surface area contributed by atoms with Crippen molar-refractivity contribution in [1.82, 2.24) is 0 Å². The van der Waals surface area contributed by atoms with E-state index in [2.05, 4.69) is 5.32 Å². The first-order chi connectivity index (χ1) is 13.3. The smallest absolute Gasteiger partial charge is 0.248 e. The average Bonchev–Trinajstić information content (AvgIpc) is 2.66. The van der Waals surface area contributed by atoms with Gasteiger partial charge in [0.05, 0.1) is 11.9 Å². The van der Waals surface area contributed by atoms with Gasteiger partial charge in [0, 0.05) is 11.8 Å². The number of carbonyl (C=O) groups excluding carboxylic acids is 1. The largest absolute Gasteiger partial charge is 0.486 e. The lowest BCUT2D eigenvalue weighted by atomic mass is 10.1. The fourth-order valence-corrected chi connectivity index (χ4v) is 4.21. The van der Waals surface area contributed by atoms with Crippen LogP contribution < -0.4 is 19.1 Å². The van der Waals surface area contributed by atoms with Crippen LogP contribution in [0.4, 0.5) is 15.8 Å². The van der Waals surface area contributed by atoms with Crippen LogP contribution in [0.15, 0.2) is 42.5 Å². The number of nitrogens with one attached hydrogen (secondary N) is 1. The molecule has 0 unspecified atom stereocenters. The molecule has 1 aliphatic rings. The first kappa shape index (κ1) is 19.9. The zero-order chi connectivity index (χ0) is 20.3. The molecule has 1 atom stereocenters. The van der Waals surface area contributed by atoms with Gasteiger partial charge in [-0.15, -0.1) is 0 Å². The molecule has 3 rings (SSSR count). The van der Waals surface area contributed by atoms with Crippen LogP contribution in [0.2, 0.25) is 0 Å². The van der Waals surface area contributed by atoms with Crippen molar-refractivity contribution >= 4 is 27.3 Å². The molecule has 1 aliphatic heterocycles. The number of rotatable bonds is 6. The number of sulfonamides is 1. The Balaban J connectivity index is 1.87. The fraction of sp³-hybridized carbons (Fsp3) is 0.316. The molecule has 9 heteroatoms. The van der Waals surface area contributed by atoms with E-state index in [1.54, 1.807) is 25.1 Å². The number of amides is 1. The third-order valence-corrected chi connectivity index (χ3v) is 5.40. The van der Waals surface area contributed by atoms with Crippen molar-refractivity contribution in [3.63, 3.8) is 0 Å². The van der Waals surface area contributed by atoms with Crippen molar-refractivity contribution in [2.45, 2.75) is 19.4 Å². The quantitative estimate of drug-likeness (QED) is 0.795. The van der Waals surface area contributed by atoms with Gasteiger partial charge < -0.3 is 14.8 Å². The lowest BCUT2D eigenvalue weighted by Gasteiger charge is -2.30. The number of hydrogen-bond acceptors (Lipinski definition) is 5. The van der Waals surface area contributed by atoms with Gasteiger partial charge in [-0.05, 0) is 42.8 Å². The van der Waals surface area contributed by atoms with Crippen LogP contribution in [0.25, 0.3) is 0 Å². The maximum Gasteiger partial charge on any atom is 0.248 e. The molecule has 2 aromatic rings. The summed E-state index contributed by atoms with van der Waals surface area (Å²) in [6, 6.07) is 8.92. The van der Waals surface area contributed by atoms with Gasteiger partial charge >= 0.3 is 0 Å². The summed E-state index contributed by atoms with van der Waals surface area (Å²) < 4.78 is 49.9. The molecule has 1 amide bonds. The molecule has 0 spiro atoms. The number of hydrogen-bond donors (Lipinski definition) is 1. The first-order valence-electron chi connectivity index (χ1n) is 8.75. The van der Waals surface area contributed by atoms with E-state index in [0.29, 0.717) is 30.4 Å². The van der Waals surface area contributed by atoms with Crippen molar-refractivity contribution in [2.75, 3.05) is 29.1 Å². The van der Waals surface area contributed by atoms with Gasteiger partial charge in [0.25, 0.3) is 0 Å². The number of ether oxygens (including phenoxy) is 2.